The highest BCUT2D eigenvalue weighted by Crippen LogP contribution is 2.22. The normalized spacial score (nSPS) is 23.1. The number of anilines is 1. The molecule has 0 saturated carbocycles. The third kappa shape index (κ3) is 3.23. The number of nitrogens with one attached hydrogen (secondary N) is 2. The van der Waals surface area contributed by atoms with Crippen molar-refractivity contribution in [1.82, 2.24) is 10.3 Å². The van der Waals surface area contributed by atoms with E-state index >= 15 is 0 Å². The van der Waals surface area contributed by atoms with Gasteiger partial charge in [-0.1, -0.05) is 0 Å². The van der Waals surface area contributed by atoms with Crippen molar-refractivity contribution < 1.29 is 4.79 Å². The van der Waals surface area contributed by atoms with Crippen molar-refractivity contribution in [2.24, 2.45) is 5.73 Å². The van der Waals surface area contributed by atoms with E-state index in [4.69, 9.17) is 5.73 Å². The molecule has 1 aromatic heterocycles. The molecular weight excluding hydrogens is 240 g/mol. The fraction of sp³-hybridized carbons (Fsp3) is 0.571. The molecule has 5 nitrogen and oxygen atoms in total. The third-order valence-electron chi connectivity index (χ3n) is 3.56. The van der Waals surface area contributed by atoms with Crippen LogP contribution in [-0.2, 0) is 0 Å². The molecule has 5 heteroatoms. The number of aryl methyl sites for hydroxylation is 2. The molecule has 1 aromatic rings. The second-order valence-corrected chi connectivity index (χ2v) is 5.36. The first kappa shape index (κ1) is 13.8. The maximum Gasteiger partial charge on any atom is 0.252 e. The second-order valence-electron chi connectivity index (χ2n) is 5.36. The number of nitrogens with two attached hydrogens (primary N) is 1. The maximum atomic E-state index is 11.6. The molecule has 0 aromatic carbocycles. The van der Waals surface area contributed by atoms with Crippen LogP contribution in [-0.4, -0.2) is 29.5 Å². The third-order valence-corrected chi connectivity index (χ3v) is 3.56. The smallest absolute Gasteiger partial charge is 0.252 e. The quantitative estimate of drug-likeness (QED) is 0.768. The minimum absolute atomic E-state index is 0.371. The van der Waals surface area contributed by atoms with Crippen LogP contribution in [0.1, 0.15) is 41.5 Å². The standard InChI is InChI=1S/C14H22N4O/c1-8-6-11(4-5-16-8)18-12-7-9(2)17-10(3)13(12)14(15)19/h7-8,11,16H,4-6H2,1-3H3,(H2,15,19)(H,17,18). The Hall–Kier alpha value is -1.62. The van der Waals surface area contributed by atoms with Gasteiger partial charge < -0.3 is 16.4 Å². The van der Waals surface area contributed by atoms with Gasteiger partial charge in [0.1, 0.15) is 0 Å². The Morgan fingerprint density at radius 3 is 2.89 bits per heavy atom. The molecule has 104 valence electrons. The molecule has 2 rings (SSSR count). The van der Waals surface area contributed by atoms with E-state index in [0.717, 1.165) is 30.8 Å². The van der Waals surface area contributed by atoms with Crippen molar-refractivity contribution in [3.8, 4) is 0 Å². The van der Waals surface area contributed by atoms with Crippen LogP contribution in [0.3, 0.4) is 0 Å². The summed E-state index contributed by atoms with van der Waals surface area (Å²) in [6.45, 7) is 6.91. The van der Waals surface area contributed by atoms with Crippen LogP contribution < -0.4 is 16.4 Å². The van der Waals surface area contributed by atoms with Gasteiger partial charge in [-0.3, -0.25) is 9.78 Å². The number of nitrogens with zero attached hydrogens (tertiary/aromatic N) is 1. The van der Waals surface area contributed by atoms with Crippen molar-refractivity contribution in [1.29, 1.82) is 0 Å². The molecule has 1 saturated heterocycles. The van der Waals surface area contributed by atoms with Crippen molar-refractivity contribution in [2.45, 2.75) is 45.7 Å². The Kier molecular flexibility index (Phi) is 4.04. The predicted molar refractivity (Wildman–Crippen MR) is 76.3 cm³/mol. The van der Waals surface area contributed by atoms with Gasteiger partial charge in [-0.15, -0.1) is 0 Å². The van der Waals surface area contributed by atoms with Gasteiger partial charge in [-0.25, -0.2) is 0 Å². The van der Waals surface area contributed by atoms with E-state index in [9.17, 15) is 4.79 Å². The van der Waals surface area contributed by atoms with Crippen LogP contribution in [0.5, 0.6) is 0 Å². The Morgan fingerprint density at radius 1 is 1.53 bits per heavy atom. The topological polar surface area (TPSA) is 80.0 Å². The number of hydrogen-bond donors (Lipinski definition) is 3. The van der Waals surface area contributed by atoms with Gasteiger partial charge in [0.25, 0.3) is 5.91 Å². The number of rotatable bonds is 3. The Morgan fingerprint density at radius 2 is 2.26 bits per heavy atom. The van der Waals surface area contributed by atoms with E-state index in [1.54, 1.807) is 0 Å². The van der Waals surface area contributed by atoms with Gasteiger partial charge in [-0.2, -0.15) is 0 Å². The highest BCUT2D eigenvalue weighted by atomic mass is 16.1. The van der Waals surface area contributed by atoms with Gasteiger partial charge >= 0.3 is 0 Å². The fourth-order valence-corrected chi connectivity index (χ4v) is 2.74. The summed E-state index contributed by atoms with van der Waals surface area (Å²) < 4.78 is 0. The van der Waals surface area contributed by atoms with E-state index in [2.05, 4.69) is 22.5 Å². The number of amides is 1. The van der Waals surface area contributed by atoms with Gasteiger partial charge in [0.15, 0.2) is 0 Å². The lowest BCUT2D eigenvalue weighted by Crippen LogP contribution is -2.41. The zero-order valence-electron chi connectivity index (χ0n) is 11.8. The van der Waals surface area contributed by atoms with Gasteiger partial charge in [0.2, 0.25) is 0 Å². The maximum absolute atomic E-state index is 11.6. The molecular formula is C14H22N4O. The average Bonchev–Trinajstić information content (AvgIpc) is 2.26. The lowest BCUT2D eigenvalue weighted by molar-refractivity contribution is 0.1000. The lowest BCUT2D eigenvalue weighted by atomic mass is 9.99. The second kappa shape index (κ2) is 5.57. The highest BCUT2D eigenvalue weighted by Gasteiger charge is 2.21. The van der Waals surface area contributed by atoms with Crippen molar-refractivity contribution >= 4 is 11.6 Å². The van der Waals surface area contributed by atoms with E-state index in [-0.39, 0.29) is 0 Å². The van der Waals surface area contributed by atoms with E-state index < -0.39 is 5.91 Å². The predicted octanol–water partition coefficient (Wildman–Crippen LogP) is 1.35. The molecule has 4 N–H and O–H groups in total. The van der Waals surface area contributed by atoms with Gasteiger partial charge in [0.05, 0.1) is 16.9 Å². The summed E-state index contributed by atoms with van der Waals surface area (Å²) in [7, 11) is 0. The zero-order chi connectivity index (χ0) is 14.0. The number of piperidine rings is 1. The number of primary amides is 1. The minimum atomic E-state index is -0.422. The molecule has 1 aliphatic rings. The largest absolute Gasteiger partial charge is 0.381 e. The molecule has 0 spiro atoms. The molecule has 0 radical (unpaired) electrons. The molecule has 2 atom stereocenters. The zero-order valence-corrected chi connectivity index (χ0v) is 11.8. The van der Waals surface area contributed by atoms with Crippen LogP contribution in [0.25, 0.3) is 0 Å². The molecule has 1 aliphatic heterocycles. The number of hydrogen-bond acceptors (Lipinski definition) is 4. The molecule has 0 aliphatic carbocycles. The first-order valence-corrected chi connectivity index (χ1v) is 6.75. The van der Waals surface area contributed by atoms with Crippen LogP contribution in [0.4, 0.5) is 5.69 Å². The molecule has 0 bridgehead atoms. The van der Waals surface area contributed by atoms with Crippen molar-refractivity contribution in [3.63, 3.8) is 0 Å². The highest BCUT2D eigenvalue weighted by molar-refractivity contribution is 5.99. The van der Waals surface area contributed by atoms with Crippen LogP contribution >= 0.6 is 0 Å². The minimum Gasteiger partial charge on any atom is -0.381 e. The number of aromatic nitrogens is 1. The summed E-state index contributed by atoms with van der Waals surface area (Å²) in [5.74, 6) is -0.422. The number of carbonyl (C=O) groups excluding carboxylic acids is 1. The van der Waals surface area contributed by atoms with Gasteiger partial charge in [0, 0.05) is 17.8 Å². The molecule has 2 unspecified atom stereocenters. The molecule has 2 heterocycles. The van der Waals surface area contributed by atoms with E-state index in [1.165, 1.54) is 0 Å². The Balaban J connectivity index is 2.25. The van der Waals surface area contributed by atoms with Crippen LogP contribution in [0.15, 0.2) is 6.07 Å². The first-order valence-electron chi connectivity index (χ1n) is 6.75. The van der Waals surface area contributed by atoms with Crippen LogP contribution in [0, 0.1) is 13.8 Å². The molecule has 1 amide bonds. The first-order chi connectivity index (χ1) is 8.97. The summed E-state index contributed by atoms with van der Waals surface area (Å²) in [6.07, 6.45) is 2.08. The Bertz CT molecular complexity index is 487. The fourth-order valence-electron chi connectivity index (χ4n) is 2.74. The van der Waals surface area contributed by atoms with Gasteiger partial charge in [-0.05, 0) is 46.2 Å². The molecule has 19 heavy (non-hydrogen) atoms. The number of carbonyl (C=O) groups is 1. The number of pyridine rings is 1. The summed E-state index contributed by atoms with van der Waals surface area (Å²) in [5, 5.41) is 6.88. The summed E-state index contributed by atoms with van der Waals surface area (Å²) >= 11 is 0. The lowest BCUT2D eigenvalue weighted by Gasteiger charge is -2.30. The summed E-state index contributed by atoms with van der Waals surface area (Å²) in [6, 6.07) is 2.77. The van der Waals surface area contributed by atoms with Crippen molar-refractivity contribution in [3.05, 3.63) is 23.0 Å². The SMILES string of the molecule is Cc1cc(NC2CCNC(C)C2)c(C(N)=O)c(C)n1. The monoisotopic (exact) mass is 262 g/mol. The van der Waals surface area contributed by atoms with E-state index in [1.807, 2.05) is 19.9 Å². The summed E-state index contributed by atoms with van der Waals surface area (Å²) in [5.41, 5.74) is 8.38. The van der Waals surface area contributed by atoms with Crippen LogP contribution in [0.2, 0.25) is 0 Å². The Labute approximate surface area is 114 Å². The summed E-state index contributed by atoms with van der Waals surface area (Å²) in [4.78, 5) is 15.9. The average molecular weight is 262 g/mol. The molecule has 1 fully saturated rings. The van der Waals surface area contributed by atoms with E-state index in [0.29, 0.717) is 23.3 Å². The van der Waals surface area contributed by atoms with Crippen molar-refractivity contribution in [2.75, 3.05) is 11.9 Å².